The summed E-state index contributed by atoms with van der Waals surface area (Å²) in [5, 5.41) is 9.89. The summed E-state index contributed by atoms with van der Waals surface area (Å²) in [6.07, 6.45) is 3.74. The minimum absolute atomic E-state index is 0.388. The standard InChI is InChI=1S/C15H24BrNO/c1-4-5-6-9-17(12(2)3)11-13-10-14(16)7-8-15(13)18/h7-8,10,12,18H,4-6,9,11H2,1-3H3. The smallest absolute Gasteiger partial charge is 0.120 e. The number of rotatable bonds is 7. The fourth-order valence-corrected chi connectivity index (χ4v) is 2.39. The molecule has 0 fully saturated rings. The lowest BCUT2D eigenvalue weighted by Gasteiger charge is -2.27. The number of hydrogen-bond acceptors (Lipinski definition) is 2. The summed E-state index contributed by atoms with van der Waals surface area (Å²) < 4.78 is 1.02. The molecular weight excluding hydrogens is 290 g/mol. The molecule has 0 heterocycles. The second-order valence-corrected chi connectivity index (χ2v) is 5.96. The Morgan fingerprint density at radius 3 is 2.61 bits per heavy atom. The Morgan fingerprint density at radius 1 is 1.28 bits per heavy atom. The van der Waals surface area contributed by atoms with Crippen LogP contribution in [0.3, 0.4) is 0 Å². The SMILES string of the molecule is CCCCCN(Cc1cc(Br)ccc1O)C(C)C. The third-order valence-electron chi connectivity index (χ3n) is 3.19. The molecule has 3 heteroatoms. The van der Waals surface area contributed by atoms with Gasteiger partial charge < -0.3 is 5.11 Å². The predicted octanol–water partition coefficient (Wildman–Crippen LogP) is 4.56. The van der Waals surface area contributed by atoms with Gasteiger partial charge in [0.25, 0.3) is 0 Å². The first kappa shape index (κ1) is 15.5. The number of halogens is 1. The maximum Gasteiger partial charge on any atom is 0.120 e. The fourth-order valence-electron chi connectivity index (χ4n) is 1.98. The number of phenols is 1. The van der Waals surface area contributed by atoms with Gasteiger partial charge in [-0.15, -0.1) is 0 Å². The summed E-state index contributed by atoms with van der Waals surface area (Å²) in [6.45, 7) is 8.55. The second kappa shape index (κ2) is 7.80. The molecule has 0 aliphatic carbocycles. The van der Waals surface area contributed by atoms with E-state index in [1.54, 1.807) is 6.07 Å². The van der Waals surface area contributed by atoms with Crippen LogP contribution in [0.1, 0.15) is 45.6 Å². The number of hydrogen-bond donors (Lipinski definition) is 1. The van der Waals surface area contributed by atoms with Gasteiger partial charge in [0.05, 0.1) is 0 Å². The molecular formula is C15H24BrNO. The maximum absolute atomic E-state index is 9.89. The van der Waals surface area contributed by atoms with Crippen LogP contribution in [0.15, 0.2) is 22.7 Å². The molecule has 0 aliphatic heterocycles. The van der Waals surface area contributed by atoms with E-state index in [1.165, 1.54) is 19.3 Å². The highest BCUT2D eigenvalue weighted by atomic mass is 79.9. The van der Waals surface area contributed by atoms with Crippen molar-refractivity contribution in [2.45, 2.75) is 52.6 Å². The van der Waals surface area contributed by atoms with Crippen LogP contribution in [-0.2, 0) is 6.54 Å². The molecule has 0 aliphatic rings. The summed E-state index contributed by atoms with van der Waals surface area (Å²) in [6, 6.07) is 6.13. The highest BCUT2D eigenvalue weighted by molar-refractivity contribution is 9.10. The number of aromatic hydroxyl groups is 1. The highest BCUT2D eigenvalue weighted by Gasteiger charge is 2.12. The molecule has 0 bridgehead atoms. The number of unbranched alkanes of at least 4 members (excludes halogenated alkanes) is 2. The summed E-state index contributed by atoms with van der Waals surface area (Å²) in [5.74, 6) is 0.388. The average Bonchev–Trinajstić information content (AvgIpc) is 2.32. The lowest BCUT2D eigenvalue weighted by molar-refractivity contribution is 0.206. The van der Waals surface area contributed by atoms with Crippen LogP contribution in [0.4, 0.5) is 0 Å². The van der Waals surface area contributed by atoms with Gasteiger partial charge in [-0.1, -0.05) is 35.7 Å². The quantitative estimate of drug-likeness (QED) is 0.746. The molecule has 1 aromatic rings. The minimum Gasteiger partial charge on any atom is -0.508 e. The van der Waals surface area contributed by atoms with Crippen molar-refractivity contribution < 1.29 is 5.11 Å². The minimum atomic E-state index is 0.388. The first-order valence-corrected chi connectivity index (χ1v) is 7.55. The lowest BCUT2D eigenvalue weighted by atomic mass is 10.1. The molecule has 0 saturated carbocycles. The zero-order valence-electron chi connectivity index (χ0n) is 11.6. The van der Waals surface area contributed by atoms with Crippen LogP contribution in [0.2, 0.25) is 0 Å². The summed E-state index contributed by atoms with van der Waals surface area (Å²) in [4.78, 5) is 2.41. The molecule has 0 radical (unpaired) electrons. The van der Waals surface area contributed by atoms with Gasteiger partial charge in [0.2, 0.25) is 0 Å². The lowest BCUT2D eigenvalue weighted by Crippen LogP contribution is -2.31. The van der Waals surface area contributed by atoms with Gasteiger partial charge in [-0.3, -0.25) is 4.90 Å². The van der Waals surface area contributed by atoms with E-state index in [-0.39, 0.29) is 0 Å². The first-order valence-electron chi connectivity index (χ1n) is 6.76. The van der Waals surface area contributed by atoms with E-state index in [0.717, 1.165) is 23.1 Å². The number of benzene rings is 1. The van der Waals surface area contributed by atoms with E-state index in [9.17, 15) is 5.11 Å². The van der Waals surface area contributed by atoms with E-state index in [1.807, 2.05) is 12.1 Å². The van der Waals surface area contributed by atoms with Gasteiger partial charge in [-0.25, -0.2) is 0 Å². The van der Waals surface area contributed by atoms with Crippen molar-refractivity contribution >= 4 is 15.9 Å². The van der Waals surface area contributed by atoms with Crippen molar-refractivity contribution in [3.63, 3.8) is 0 Å². The van der Waals surface area contributed by atoms with Crippen molar-refractivity contribution in [2.75, 3.05) is 6.54 Å². The first-order chi connectivity index (χ1) is 8.54. The highest BCUT2D eigenvalue weighted by Crippen LogP contribution is 2.24. The normalized spacial score (nSPS) is 11.4. The molecule has 1 aromatic carbocycles. The molecule has 1 N–H and O–H groups in total. The van der Waals surface area contributed by atoms with Crippen LogP contribution < -0.4 is 0 Å². The van der Waals surface area contributed by atoms with Crippen LogP contribution in [0.25, 0.3) is 0 Å². The number of phenolic OH excluding ortho intramolecular Hbond substituents is 1. The van der Waals surface area contributed by atoms with Crippen molar-refractivity contribution in [3.05, 3.63) is 28.2 Å². The second-order valence-electron chi connectivity index (χ2n) is 5.04. The maximum atomic E-state index is 9.89. The van der Waals surface area contributed by atoms with Crippen molar-refractivity contribution in [3.8, 4) is 5.75 Å². The topological polar surface area (TPSA) is 23.5 Å². The van der Waals surface area contributed by atoms with Gasteiger partial charge in [-0.2, -0.15) is 0 Å². The zero-order valence-corrected chi connectivity index (χ0v) is 13.2. The zero-order chi connectivity index (χ0) is 13.5. The Labute approximate surface area is 119 Å². The molecule has 1 rings (SSSR count). The van der Waals surface area contributed by atoms with E-state index in [0.29, 0.717) is 11.8 Å². The number of nitrogens with zero attached hydrogens (tertiary/aromatic N) is 1. The Kier molecular flexibility index (Phi) is 6.72. The van der Waals surface area contributed by atoms with E-state index >= 15 is 0 Å². The van der Waals surface area contributed by atoms with Crippen LogP contribution in [0, 0.1) is 0 Å². The van der Waals surface area contributed by atoms with E-state index < -0.39 is 0 Å². The van der Waals surface area contributed by atoms with E-state index in [2.05, 4.69) is 41.6 Å². The molecule has 102 valence electrons. The van der Waals surface area contributed by atoms with Crippen LogP contribution in [-0.4, -0.2) is 22.6 Å². The predicted molar refractivity (Wildman–Crippen MR) is 80.9 cm³/mol. The average molecular weight is 314 g/mol. The third-order valence-corrected chi connectivity index (χ3v) is 3.69. The third kappa shape index (κ3) is 4.99. The Morgan fingerprint density at radius 2 is 2.00 bits per heavy atom. The molecule has 0 unspecified atom stereocenters. The molecule has 0 saturated heterocycles. The Hall–Kier alpha value is -0.540. The van der Waals surface area contributed by atoms with Crippen LogP contribution in [0.5, 0.6) is 5.75 Å². The Bertz CT molecular complexity index is 366. The molecule has 18 heavy (non-hydrogen) atoms. The van der Waals surface area contributed by atoms with Crippen molar-refractivity contribution in [1.82, 2.24) is 4.90 Å². The Balaban J connectivity index is 2.67. The van der Waals surface area contributed by atoms with Crippen molar-refractivity contribution in [2.24, 2.45) is 0 Å². The fraction of sp³-hybridized carbons (Fsp3) is 0.600. The monoisotopic (exact) mass is 313 g/mol. The van der Waals surface area contributed by atoms with Gasteiger partial charge in [0.15, 0.2) is 0 Å². The largest absolute Gasteiger partial charge is 0.508 e. The molecule has 0 amide bonds. The molecule has 2 nitrogen and oxygen atoms in total. The molecule has 0 spiro atoms. The molecule has 0 atom stereocenters. The van der Waals surface area contributed by atoms with Gasteiger partial charge in [-0.05, 0) is 45.0 Å². The van der Waals surface area contributed by atoms with Gasteiger partial charge >= 0.3 is 0 Å². The van der Waals surface area contributed by atoms with Gasteiger partial charge in [0.1, 0.15) is 5.75 Å². The van der Waals surface area contributed by atoms with Crippen LogP contribution >= 0.6 is 15.9 Å². The van der Waals surface area contributed by atoms with Crippen molar-refractivity contribution in [1.29, 1.82) is 0 Å². The molecule has 0 aromatic heterocycles. The van der Waals surface area contributed by atoms with E-state index in [4.69, 9.17) is 0 Å². The van der Waals surface area contributed by atoms with Gasteiger partial charge in [0, 0.05) is 22.6 Å². The summed E-state index contributed by atoms with van der Waals surface area (Å²) >= 11 is 3.46. The summed E-state index contributed by atoms with van der Waals surface area (Å²) in [7, 11) is 0. The summed E-state index contributed by atoms with van der Waals surface area (Å²) in [5.41, 5.74) is 0.995.